The average molecular weight is 414 g/mol. The molecule has 8 nitrogen and oxygen atoms in total. The highest BCUT2D eigenvalue weighted by molar-refractivity contribution is 5.85. The zero-order chi connectivity index (χ0) is 21.4. The number of nitrogens with zero attached hydrogens (tertiary/aromatic N) is 4. The van der Waals surface area contributed by atoms with Crippen molar-refractivity contribution in [2.45, 2.75) is 25.4 Å². The molecule has 8 heteroatoms. The Morgan fingerprint density at radius 2 is 1.94 bits per heavy atom. The van der Waals surface area contributed by atoms with E-state index < -0.39 is 0 Å². The topological polar surface area (TPSA) is 121 Å². The lowest BCUT2D eigenvalue weighted by Gasteiger charge is -2.31. The molecule has 0 bridgehead atoms. The first-order chi connectivity index (χ1) is 15.1. The van der Waals surface area contributed by atoms with Gasteiger partial charge in [0.1, 0.15) is 35.7 Å². The number of ether oxygens (including phenoxy) is 1. The zero-order valence-electron chi connectivity index (χ0n) is 16.8. The highest BCUT2D eigenvalue weighted by atomic mass is 16.5. The largest absolute Gasteiger partial charge is 0.489 e. The first-order valence-electron chi connectivity index (χ1n) is 10.2. The zero-order valence-corrected chi connectivity index (χ0v) is 16.8. The third kappa shape index (κ3) is 3.56. The van der Waals surface area contributed by atoms with E-state index in [0.717, 1.165) is 22.7 Å². The van der Waals surface area contributed by atoms with Crippen LogP contribution >= 0.6 is 0 Å². The maximum atomic E-state index is 11.4. The first kappa shape index (κ1) is 19.0. The van der Waals surface area contributed by atoms with Crippen molar-refractivity contribution in [1.29, 1.82) is 0 Å². The number of rotatable bonds is 6. The fraction of sp³-hybridized carbons (Fsp3) is 0.217. The van der Waals surface area contributed by atoms with E-state index in [-0.39, 0.29) is 17.7 Å². The van der Waals surface area contributed by atoms with Gasteiger partial charge in [-0.25, -0.2) is 14.5 Å². The number of primary amides is 1. The summed E-state index contributed by atoms with van der Waals surface area (Å²) in [5.74, 6) is 1.57. The molecule has 5 rings (SSSR count). The Kier molecular flexibility index (Phi) is 4.74. The summed E-state index contributed by atoms with van der Waals surface area (Å²) in [6, 6.07) is 17.7. The first-order valence-corrected chi connectivity index (χ1v) is 10.2. The van der Waals surface area contributed by atoms with E-state index in [1.54, 1.807) is 4.52 Å². The number of carbonyl (C=O) groups is 1. The van der Waals surface area contributed by atoms with E-state index in [0.29, 0.717) is 36.5 Å². The van der Waals surface area contributed by atoms with Gasteiger partial charge in [0.2, 0.25) is 5.91 Å². The number of carbonyl (C=O) groups excluding carboxylic acids is 1. The van der Waals surface area contributed by atoms with Crippen molar-refractivity contribution in [2.24, 2.45) is 11.7 Å². The summed E-state index contributed by atoms with van der Waals surface area (Å²) in [6.45, 7) is 0.474. The van der Waals surface area contributed by atoms with Crippen LogP contribution in [0.3, 0.4) is 0 Å². The maximum absolute atomic E-state index is 11.4. The van der Waals surface area contributed by atoms with Crippen LogP contribution in [-0.2, 0) is 11.4 Å². The number of nitrogens with two attached hydrogens (primary N) is 2. The number of nitrogen functional groups attached to an aromatic ring is 1. The van der Waals surface area contributed by atoms with Crippen molar-refractivity contribution in [1.82, 2.24) is 19.6 Å². The normalized spacial score (nSPS) is 17.9. The second kappa shape index (κ2) is 7.71. The molecule has 156 valence electrons. The van der Waals surface area contributed by atoms with Crippen LogP contribution in [0.1, 0.15) is 30.1 Å². The van der Waals surface area contributed by atoms with Crippen LogP contribution in [0.15, 0.2) is 60.9 Å². The number of benzene rings is 2. The van der Waals surface area contributed by atoms with Gasteiger partial charge in [0.25, 0.3) is 0 Å². The van der Waals surface area contributed by atoms with Crippen molar-refractivity contribution < 1.29 is 9.53 Å². The maximum Gasteiger partial charge on any atom is 0.220 e. The van der Waals surface area contributed by atoms with Gasteiger partial charge in [-0.15, -0.1) is 0 Å². The van der Waals surface area contributed by atoms with Crippen molar-refractivity contribution in [2.75, 3.05) is 5.73 Å². The molecule has 1 fully saturated rings. The van der Waals surface area contributed by atoms with Gasteiger partial charge >= 0.3 is 0 Å². The molecular formula is C23H22N6O2. The molecule has 0 spiro atoms. The van der Waals surface area contributed by atoms with Gasteiger partial charge < -0.3 is 16.2 Å². The quantitative estimate of drug-likeness (QED) is 0.500. The van der Waals surface area contributed by atoms with Crippen LogP contribution in [0.4, 0.5) is 5.82 Å². The van der Waals surface area contributed by atoms with Crippen LogP contribution in [0.2, 0.25) is 0 Å². The summed E-state index contributed by atoms with van der Waals surface area (Å²) in [6.07, 6.45) is 2.75. The summed E-state index contributed by atoms with van der Waals surface area (Å²) < 4.78 is 7.71. The number of anilines is 1. The fourth-order valence-corrected chi connectivity index (χ4v) is 3.98. The minimum atomic E-state index is -0.269. The predicted octanol–water partition coefficient (Wildman–Crippen LogP) is 2.93. The lowest BCUT2D eigenvalue weighted by molar-refractivity contribution is -0.124. The lowest BCUT2D eigenvalue weighted by Crippen LogP contribution is -2.34. The van der Waals surface area contributed by atoms with Crippen molar-refractivity contribution in [3.8, 4) is 17.0 Å². The minimum absolute atomic E-state index is 0.102. The molecule has 4 N–H and O–H groups in total. The highest BCUT2D eigenvalue weighted by Gasteiger charge is 2.37. The van der Waals surface area contributed by atoms with Gasteiger partial charge in [-0.05, 0) is 30.5 Å². The number of hydrogen-bond acceptors (Lipinski definition) is 6. The molecule has 1 amide bonds. The van der Waals surface area contributed by atoms with E-state index >= 15 is 0 Å². The Morgan fingerprint density at radius 3 is 2.71 bits per heavy atom. The lowest BCUT2D eigenvalue weighted by atomic mass is 9.74. The summed E-state index contributed by atoms with van der Waals surface area (Å²) in [4.78, 5) is 20.5. The number of hydrogen-bond donors (Lipinski definition) is 2. The van der Waals surface area contributed by atoms with Gasteiger partial charge in [-0.2, -0.15) is 5.10 Å². The van der Waals surface area contributed by atoms with Crippen molar-refractivity contribution >= 4 is 17.2 Å². The molecule has 0 radical (unpaired) electrons. The van der Waals surface area contributed by atoms with Crippen LogP contribution in [0, 0.1) is 5.92 Å². The molecule has 1 aliphatic carbocycles. The molecule has 31 heavy (non-hydrogen) atoms. The fourth-order valence-electron chi connectivity index (χ4n) is 3.98. The molecule has 0 saturated heterocycles. The Balaban J connectivity index is 1.48. The van der Waals surface area contributed by atoms with Gasteiger partial charge in [-0.3, -0.25) is 4.79 Å². The molecule has 0 atom stereocenters. The molecule has 4 aromatic rings. The second-order valence-electron chi connectivity index (χ2n) is 7.79. The van der Waals surface area contributed by atoms with E-state index in [4.69, 9.17) is 21.2 Å². The molecule has 2 aromatic carbocycles. The van der Waals surface area contributed by atoms with Gasteiger partial charge in [-0.1, -0.05) is 42.5 Å². The van der Waals surface area contributed by atoms with Crippen LogP contribution in [0.5, 0.6) is 5.75 Å². The van der Waals surface area contributed by atoms with Gasteiger partial charge in [0.15, 0.2) is 5.82 Å². The van der Waals surface area contributed by atoms with Gasteiger partial charge in [0, 0.05) is 17.4 Å². The Hall–Kier alpha value is -3.94. The van der Waals surface area contributed by atoms with E-state index in [2.05, 4.69) is 10.1 Å². The monoisotopic (exact) mass is 414 g/mol. The summed E-state index contributed by atoms with van der Waals surface area (Å²) >= 11 is 0. The molecule has 1 saturated carbocycles. The van der Waals surface area contributed by atoms with E-state index in [9.17, 15) is 4.79 Å². The minimum Gasteiger partial charge on any atom is -0.489 e. The van der Waals surface area contributed by atoms with Crippen molar-refractivity contribution in [3.63, 3.8) is 0 Å². The predicted molar refractivity (Wildman–Crippen MR) is 116 cm³/mol. The van der Waals surface area contributed by atoms with E-state index in [1.165, 1.54) is 6.33 Å². The van der Waals surface area contributed by atoms with Crippen LogP contribution in [-0.4, -0.2) is 25.5 Å². The van der Waals surface area contributed by atoms with E-state index in [1.807, 2.05) is 54.6 Å². The second-order valence-corrected chi connectivity index (χ2v) is 7.79. The molecular weight excluding hydrogens is 392 g/mol. The standard InChI is InChI=1S/C23H22N6O2/c24-21-20-19(15-7-4-8-18(11-15)31-12-14-5-2-1-3-6-14)28-23(29(20)27-13-26-21)17-9-16(10-17)22(25)30/h1-8,11,13,16-17H,9-10,12H2,(H2,25,30)(H2,24,26,27). The average Bonchev–Trinajstić information content (AvgIpc) is 3.13. The molecule has 0 aliphatic heterocycles. The third-order valence-corrected chi connectivity index (χ3v) is 5.75. The summed E-state index contributed by atoms with van der Waals surface area (Å²) in [5, 5.41) is 4.38. The smallest absolute Gasteiger partial charge is 0.220 e. The third-order valence-electron chi connectivity index (χ3n) is 5.75. The number of aromatic nitrogens is 4. The number of imidazole rings is 1. The highest BCUT2D eigenvalue weighted by Crippen LogP contribution is 2.42. The molecule has 2 heterocycles. The summed E-state index contributed by atoms with van der Waals surface area (Å²) in [5.41, 5.74) is 14.9. The number of amides is 1. The van der Waals surface area contributed by atoms with Gasteiger partial charge in [0.05, 0.1) is 0 Å². The van der Waals surface area contributed by atoms with Crippen LogP contribution < -0.4 is 16.2 Å². The SMILES string of the molecule is NC(=O)C1CC(c2nc(-c3cccc(OCc4ccccc4)c3)c3c(N)ncnn23)C1. The van der Waals surface area contributed by atoms with Crippen molar-refractivity contribution in [3.05, 3.63) is 72.3 Å². The van der Waals surface area contributed by atoms with Crippen LogP contribution in [0.25, 0.3) is 16.8 Å². The Labute approximate surface area is 178 Å². The molecule has 0 unspecified atom stereocenters. The summed E-state index contributed by atoms with van der Waals surface area (Å²) in [7, 11) is 0. The Morgan fingerprint density at radius 1 is 1.13 bits per heavy atom. The molecule has 2 aromatic heterocycles. The Bertz CT molecular complexity index is 1250. The number of fused-ring (bicyclic) bond motifs is 1. The molecule has 1 aliphatic rings.